The second-order valence-corrected chi connectivity index (χ2v) is 7.68. The molecule has 1 aliphatic heterocycles. The second-order valence-electron chi connectivity index (χ2n) is 7.68. The first-order valence-corrected chi connectivity index (χ1v) is 9.41. The summed E-state index contributed by atoms with van der Waals surface area (Å²) in [6.45, 7) is 11.0. The number of aromatic nitrogens is 4. The number of rotatable bonds is 5. The van der Waals surface area contributed by atoms with Crippen LogP contribution in [-0.2, 0) is 7.05 Å². The van der Waals surface area contributed by atoms with Gasteiger partial charge in [-0.15, -0.1) is 0 Å². The highest BCUT2D eigenvalue weighted by molar-refractivity contribution is 5.86. The summed E-state index contributed by atoms with van der Waals surface area (Å²) in [6.07, 6.45) is 1.76. The van der Waals surface area contributed by atoms with Crippen molar-refractivity contribution in [2.24, 2.45) is 13.0 Å². The molecule has 2 aromatic heterocycles. The lowest BCUT2D eigenvalue weighted by molar-refractivity contribution is 0.144. The van der Waals surface area contributed by atoms with E-state index in [1.54, 1.807) is 6.20 Å². The van der Waals surface area contributed by atoms with Crippen LogP contribution in [0.15, 0.2) is 24.9 Å². The van der Waals surface area contributed by atoms with E-state index in [1.807, 2.05) is 31.5 Å². The molecular formula is C21H25FN6. The van der Waals surface area contributed by atoms with Crippen LogP contribution >= 0.6 is 0 Å². The summed E-state index contributed by atoms with van der Waals surface area (Å²) in [6, 6.07) is 3.40. The van der Waals surface area contributed by atoms with Gasteiger partial charge in [0.25, 0.3) is 0 Å². The lowest BCUT2D eigenvalue weighted by atomic mass is 9.99. The van der Waals surface area contributed by atoms with Gasteiger partial charge in [-0.1, -0.05) is 6.58 Å². The Morgan fingerprint density at radius 2 is 2.00 bits per heavy atom. The monoisotopic (exact) mass is 380 g/mol. The molecule has 0 spiro atoms. The molecule has 7 heteroatoms. The molecule has 1 aromatic carbocycles. The molecule has 0 radical (unpaired) electrons. The Bertz CT molecular complexity index is 1060. The summed E-state index contributed by atoms with van der Waals surface area (Å²) in [5.41, 5.74) is 4.16. The fourth-order valence-electron chi connectivity index (χ4n) is 3.73. The Kier molecular flexibility index (Phi) is 4.63. The number of anilines is 1. The van der Waals surface area contributed by atoms with Gasteiger partial charge >= 0.3 is 0 Å². The van der Waals surface area contributed by atoms with Crippen LogP contribution in [0.4, 0.5) is 10.3 Å². The maximum Gasteiger partial charge on any atom is 0.222 e. The zero-order valence-electron chi connectivity index (χ0n) is 16.8. The van der Waals surface area contributed by atoms with Crippen LogP contribution in [0.1, 0.15) is 22.6 Å². The molecule has 4 rings (SSSR count). The number of aryl methyl sites for hydroxylation is 3. The van der Waals surface area contributed by atoms with Crippen LogP contribution in [0.3, 0.4) is 0 Å². The Morgan fingerprint density at radius 1 is 1.25 bits per heavy atom. The highest BCUT2D eigenvalue weighted by Gasteiger charge is 2.23. The first-order chi connectivity index (χ1) is 13.3. The van der Waals surface area contributed by atoms with E-state index in [0.717, 1.165) is 42.2 Å². The minimum atomic E-state index is -0.348. The molecule has 1 fully saturated rings. The number of fused-ring (bicyclic) bond motifs is 1. The maximum atomic E-state index is 14.6. The van der Waals surface area contributed by atoms with Crippen LogP contribution in [0.2, 0.25) is 0 Å². The van der Waals surface area contributed by atoms with Crippen LogP contribution in [0.5, 0.6) is 0 Å². The molecule has 1 saturated heterocycles. The molecule has 3 aromatic rings. The number of nitrogens with zero attached hydrogens (tertiary/aromatic N) is 5. The van der Waals surface area contributed by atoms with Gasteiger partial charge < -0.3 is 14.8 Å². The molecule has 0 aliphatic carbocycles. The van der Waals surface area contributed by atoms with Gasteiger partial charge in [-0.25, -0.2) is 19.3 Å². The number of hydrogen-bond acceptors (Lipinski definition) is 5. The van der Waals surface area contributed by atoms with Crippen LogP contribution in [-0.4, -0.2) is 51.1 Å². The summed E-state index contributed by atoms with van der Waals surface area (Å²) in [5.74, 6) is 1.68. The Hall–Kier alpha value is -2.80. The lowest BCUT2D eigenvalue weighted by Crippen LogP contribution is -2.46. The van der Waals surface area contributed by atoms with Gasteiger partial charge in [0.05, 0.1) is 11.2 Å². The Balaban J connectivity index is 1.57. The predicted molar refractivity (Wildman–Crippen MR) is 110 cm³/mol. The number of hydrogen-bond donors (Lipinski definition) is 1. The standard InChI is InChI=1S/C21H25FN6/c1-12(16-6-18(22)20-19(7-16)28(5)14(3)26-20)17-9-24-21(25-13(17)2)23-8-15-10-27(4)11-15/h6-7,9,15H,1,8,10-11H2,2-5H3,(H,23,24,25). The van der Waals surface area contributed by atoms with Crippen molar-refractivity contribution < 1.29 is 4.39 Å². The van der Waals surface area contributed by atoms with E-state index >= 15 is 0 Å². The van der Waals surface area contributed by atoms with E-state index in [4.69, 9.17) is 0 Å². The quantitative estimate of drug-likeness (QED) is 0.737. The molecule has 0 amide bonds. The summed E-state index contributed by atoms with van der Waals surface area (Å²) >= 11 is 0. The topological polar surface area (TPSA) is 58.9 Å². The number of nitrogens with one attached hydrogen (secondary N) is 1. The van der Waals surface area contributed by atoms with Crippen molar-refractivity contribution >= 4 is 22.6 Å². The van der Waals surface area contributed by atoms with Gasteiger partial charge in [0.15, 0.2) is 5.82 Å². The molecule has 0 unspecified atom stereocenters. The zero-order valence-corrected chi connectivity index (χ0v) is 16.8. The van der Waals surface area contributed by atoms with Crippen molar-refractivity contribution in [2.45, 2.75) is 13.8 Å². The van der Waals surface area contributed by atoms with E-state index in [1.165, 1.54) is 6.07 Å². The summed E-state index contributed by atoms with van der Waals surface area (Å²) in [4.78, 5) is 15.6. The molecular weight excluding hydrogens is 355 g/mol. The summed E-state index contributed by atoms with van der Waals surface area (Å²) in [7, 11) is 4.00. The number of benzene rings is 1. The highest BCUT2D eigenvalue weighted by Crippen LogP contribution is 2.28. The summed E-state index contributed by atoms with van der Waals surface area (Å²) < 4.78 is 16.4. The first-order valence-electron chi connectivity index (χ1n) is 9.41. The number of halogens is 1. The SMILES string of the molecule is C=C(c1cc(F)c2nc(C)n(C)c2c1)c1cnc(NCC2CN(C)C2)nc1C. The van der Waals surface area contributed by atoms with Gasteiger partial charge in [0.2, 0.25) is 5.95 Å². The first kappa shape index (κ1) is 18.6. The van der Waals surface area contributed by atoms with Crippen molar-refractivity contribution in [2.75, 3.05) is 32.0 Å². The number of likely N-dealkylation sites (tertiary alicyclic amines) is 1. The molecule has 1 aliphatic rings. The normalized spacial score (nSPS) is 15.0. The maximum absolute atomic E-state index is 14.6. The largest absolute Gasteiger partial charge is 0.354 e. The molecule has 6 nitrogen and oxygen atoms in total. The zero-order chi connectivity index (χ0) is 20.0. The minimum absolute atomic E-state index is 0.348. The smallest absolute Gasteiger partial charge is 0.222 e. The van der Waals surface area contributed by atoms with E-state index in [0.29, 0.717) is 28.5 Å². The van der Waals surface area contributed by atoms with E-state index < -0.39 is 0 Å². The Labute approximate surface area is 164 Å². The molecule has 0 atom stereocenters. The van der Waals surface area contributed by atoms with Gasteiger partial charge in [0, 0.05) is 44.4 Å². The Morgan fingerprint density at radius 3 is 2.68 bits per heavy atom. The molecule has 146 valence electrons. The summed E-state index contributed by atoms with van der Waals surface area (Å²) in [5, 5.41) is 3.31. The van der Waals surface area contributed by atoms with Gasteiger partial charge in [0.1, 0.15) is 11.3 Å². The van der Waals surface area contributed by atoms with E-state index in [9.17, 15) is 4.39 Å². The van der Waals surface area contributed by atoms with Gasteiger partial charge in [-0.2, -0.15) is 0 Å². The van der Waals surface area contributed by atoms with Crippen LogP contribution < -0.4 is 5.32 Å². The third-order valence-corrected chi connectivity index (χ3v) is 5.51. The van der Waals surface area contributed by atoms with Crippen LogP contribution in [0, 0.1) is 25.6 Å². The van der Waals surface area contributed by atoms with Crippen molar-refractivity contribution in [1.29, 1.82) is 0 Å². The van der Waals surface area contributed by atoms with E-state index in [2.05, 4.69) is 38.8 Å². The van der Waals surface area contributed by atoms with Crippen LogP contribution in [0.25, 0.3) is 16.6 Å². The third-order valence-electron chi connectivity index (χ3n) is 5.51. The highest BCUT2D eigenvalue weighted by atomic mass is 19.1. The molecule has 0 bridgehead atoms. The second kappa shape index (κ2) is 6.98. The van der Waals surface area contributed by atoms with E-state index in [-0.39, 0.29) is 5.82 Å². The molecule has 1 N–H and O–H groups in total. The molecule has 0 saturated carbocycles. The van der Waals surface area contributed by atoms with Gasteiger partial charge in [-0.3, -0.25) is 0 Å². The predicted octanol–water partition coefficient (Wildman–Crippen LogP) is 3.15. The minimum Gasteiger partial charge on any atom is -0.354 e. The van der Waals surface area contributed by atoms with Crippen molar-refractivity contribution in [3.63, 3.8) is 0 Å². The average molecular weight is 380 g/mol. The molecule has 3 heterocycles. The van der Waals surface area contributed by atoms with Gasteiger partial charge in [-0.05, 0) is 44.2 Å². The lowest BCUT2D eigenvalue weighted by Gasteiger charge is -2.36. The fourth-order valence-corrected chi connectivity index (χ4v) is 3.73. The molecule has 28 heavy (non-hydrogen) atoms. The average Bonchev–Trinajstić information content (AvgIpc) is 2.93. The number of imidazole rings is 1. The fraction of sp³-hybridized carbons (Fsp3) is 0.381. The third kappa shape index (κ3) is 3.26. The van der Waals surface area contributed by atoms with Crippen molar-refractivity contribution in [1.82, 2.24) is 24.4 Å². The van der Waals surface area contributed by atoms with Crippen molar-refractivity contribution in [3.05, 3.63) is 53.4 Å². The van der Waals surface area contributed by atoms with Crippen molar-refractivity contribution in [3.8, 4) is 0 Å².